The molecule has 162 valence electrons. The molecule has 0 saturated carbocycles. The van der Waals surface area contributed by atoms with Gasteiger partial charge in [0.15, 0.2) is 5.82 Å². The summed E-state index contributed by atoms with van der Waals surface area (Å²) in [6.07, 6.45) is 4.02. The van der Waals surface area contributed by atoms with Crippen molar-refractivity contribution in [2.24, 2.45) is 0 Å². The Morgan fingerprint density at radius 3 is 2.73 bits per heavy atom. The van der Waals surface area contributed by atoms with Crippen LogP contribution in [0.5, 0.6) is 0 Å². The van der Waals surface area contributed by atoms with E-state index in [9.17, 15) is 18.0 Å². The predicted octanol–water partition coefficient (Wildman–Crippen LogP) is 0.694. The number of pyridine rings is 1. The normalized spacial score (nSPS) is 19.6. The first kappa shape index (κ1) is 22.2. The van der Waals surface area contributed by atoms with Crippen LogP contribution in [-0.4, -0.2) is 65.2 Å². The third-order valence-corrected chi connectivity index (χ3v) is 6.28. The average Bonchev–Trinajstić information content (AvgIpc) is 3.13. The quantitative estimate of drug-likeness (QED) is 0.605. The smallest absolute Gasteiger partial charge is 0.326 e. The summed E-state index contributed by atoms with van der Waals surface area (Å²) in [6.45, 7) is 1.84. The zero-order chi connectivity index (χ0) is 21.9. The van der Waals surface area contributed by atoms with Gasteiger partial charge in [0.2, 0.25) is 10.0 Å². The lowest BCUT2D eigenvalue weighted by atomic mass is 9.99. The number of carbonyl (C=O) groups is 1. The minimum Gasteiger partial charge on any atom is -0.465 e. The standard InChI is InChI=1S/C18H22ClN5O5S/c1-3-29-16(25)11-24-15(19)8-21-17(18(24)26)22-14-10-23(30(2,27)28)9-12(14)13-6-4-5-7-20-13/h4-8,12,14H,3,9-11H2,1-2H3,(H,21,22)/t12-,14+/m0/s1. The lowest BCUT2D eigenvalue weighted by Crippen LogP contribution is -2.35. The van der Waals surface area contributed by atoms with Crippen molar-refractivity contribution < 1.29 is 17.9 Å². The minimum atomic E-state index is -3.44. The Labute approximate surface area is 178 Å². The molecule has 0 aromatic carbocycles. The van der Waals surface area contributed by atoms with Crippen LogP contribution >= 0.6 is 11.6 Å². The van der Waals surface area contributed by atoms with Crippen molar-refractivity contribution in [1.82, 2.24) is 18.8 Å². The number of anilines is 1. The van der Waals surface area contributed by atoms with E-state index in [1.165, 1.54) is 10.5 Å². The zero-order valence-corrected chi connectivity index (χ0v) is 18.1. The van der Waals surface area contributed by atoms with Gasteiger partial charge in [-0.15, -0.1) is 0 Å². The Bertz CT molecular complexity index is 1080. The van der Waals surface area contributed by atoms with Gasteiger partial charge in [0.1, 0.15) is 11.7 Å². The molecular formula is C18H22ClN5O5S. The van der Waals surface area contributed by atoms with Gasteiger partial charge in [-0.1, -0.05) is 17.7 Å². The van der Waals surface area contributed by atoms with Crippen molar-refractivity contribution in [3.63, 3.8) is 0 Å². The molecule has 0 aliphatic carbocycles. The van der Waals surface area contributed by atoms with Crippen LogP contribution in [0.25, 0.3) is 0 Å². The maximum atomic E-state index is 12.8. The number of hydrogen-bond donors (Lipinski definition) is 1. The molecule has 2 aromatic rings. The minimum absolute atomic E-state index is 0.0101. The SMILES string of the molecule is CCOC(=O)Cn1c(Cl)cnc(N[C@@H]2CN(S(C)(=O)=O)C[C@H]2c2ccccn2)c1=O. The second kappa shape index (κ2) is 9.11. The van der Waals surface area contributed by atoms with E-state index >= 15 is 0 Å². The largest absolute Gasteiger partial charge is 0.465 e. The molecule has 1 fully saturated rings. The van der Waals surface area contributed by atoms with Gasteiger partial charge >= 0.3 is 5.97 Å². The van der Waals surface area contributed by atoms with E-state index in [1.807, 2.05) is 6.07 Å². The Hall–Kier alpha value is -2.50. The number of hydrogen-bond acceptors (Lipinski definition) is 8. The maximum absolute atomic E-state index is 12.8. The molecular weight excluding hydrogens is 434 g/mol. The van der Waals surface area contributed by atoms with Crippen molar-refractivity contribution in [3.05, 3.63) is 51.8 Å². The molecule has 3 rings (SSSR count). The number of ether oxygens (including phenoxy) is 1. The summed E-state index contributed by atoms with van der Waals surface area (Å²) < 4.78 is 31.4. The van der Waals surface area contributed by atoms with Crippen molar-refractivity contribution in [3.8, 4) is 0 Å². The molecule has 1 aliphatic heterocycles. The first-order chi connectivity index (χ1) is 14.2. The number of nitrogens with one attached hydrogen (secondary N) is 1. The van der Waals surface area contributed by atoms with Crippen LogP contribution in [0.1, 0.15) is 18.5 Å². The molecule has 2 aromatic heterocycles. The molecule has 12 heteroatoms. The second-order valence-corrected chi connectivity index (χ2v) is 9.19. The molecule has 0 amide bonds. The highest BCUT2D eigenvalue weighted by Crippen LogP contribution is 2.29. The zero-order valence-electron chi connectivity index (χ0n) is 16.5. The van der Waals surface area contributed by atoms with Crippen molar-refractivity contribution in [2.75, 3.05) is 31.3 Å². The molecule has 10 nitrogen and oxygen atoms in total. The number of rotatable bonds is 7. The summed E-state index contributed by atoms with van der Waals surface area (Å²) in [5, 5.41) is 3.02. The van der Waals surface area contributed by atoms with Crippen LogP contribution in [0.2, 0.25) is 5.15 Å². The molecule has 1 N–H and O–H groups in total. The first-order valence-electron chi connectivity index (χ1n) is 9.24. The molecule has 1 aliphatic rings. The number of aromatic nitrogens is 3. The van der Waals surface area contributed by atoms with Crippen LogP contribution in [-0.2, 0) is 26.1 Å². The van der Waals surface area contributed by atoms with Gasteiger partial charge in [-0.05, 0) is 19.1 Å². The highest BCUT2D eigenvalue weighted by atomic mass is 35.5. The average molecular weight is 456 g/mol. The Morgan fingerprint density at radius 2 is 2.10 bits per heavy atom. The Kier molecular flexibility index (Phi) is 6.74. The molecule has 0 spiro atoms. The van der Waals surface area contributed by atoms with E-state index in [-0.39, 0.29) is 43.1 Å². The van der Waals surface area contributed by atoms with Crippen molar-refractivity contribution in [2.45, 2.75) is 25.4 Å². The topological polar surface area (TPSA) is 123 Å². The number of halogens is 1. The maximum Gasteiger partial charge on any atom is 0.326 e. The van der Waals surface area contributed by atoms with Crippen LogP contribution in [0.15, 0.2) is 35.4 Å². The second-order valence-electron chi connectivity index (χ2n) is 6.82. The summed E-state index contributed by atoms with van der Waals surface area (Å²) >= 11 is 6.04. The van der Waals surface area contributed by atoms with Gasteiger partial charge in [0, 0.05) is 30.9 Å². The molecule has 30 heavy (non-hydrogen) atoms. The monoisotopic (exact) mass is 455 g/mol. The summed E-state index contributed by atoms with van der Waals surface area (Å²) in [5.41, 5.74) is 0.0927. The van der Waals surface area contributed by atoms with Gasteiger partial charge in [0.05, 0.1) is 25.1 Å². The van der Waals surface area contributed by atoms with Gasteiger partial charge < -0.3 is 10.1 Å². The third kappa shape index (κ3) is 4.97. The molecule has 0 radical (unpaired) electrons. The molecule has 0 bridgehead atoms. The fraction of sp³-hybridized carbons (Fsp3) is 0.444. The van der Waals surface area contributed by atoms with Crippen molar-refractivity contribution in [1.29, 1.82) is 0 Å². The van der Waals surface area contributed by atoms with Gasteiger partial charge in [0.25, 0.3) is 5.56 Å². The van der Waals surface area contributed by atoms with E-state index < -0.39 is 27.6 Å². The van der Waals surface area contributed by atoms with Crippen LogP contribution in [0, 0.1) is 0 Å². The van der Waals surface area contributed by atoms with Crippen LogP contribution < -0.4 is 10.9 Å². The lowest BCUT2D eigenvalue weighted by molar-refractivity contribution is -0.143. The fourth-order valence-electron chi connectivity index (χ4n) is 3.31. The Morgan fingerprint density at radius 1 is 1.33 bits per heavy atom. The van der Waals surface area contributed by atoms with E-state index in [1.54, 1.807) is 25.3 Å². The summed E-state index contributed by atoms with van der Waals surface area (Å²) in [7, 11) is -3.44. The molecule has 1 saturated heterocycles. The summed E-state index contributed by atoms with van der Waals surface area (Å²) in [5.74, 6) is -0.935. The van der Waals surface area contributed by atoms with Gasteiger partial charge in [-0.25, -0.2) is 13.4 Å². The Balaban J connectivity index is 1.91. The summed E-state index contributed by atoms with van der Waals surface area (Å²) in [4.78, 5) is 33.0. The fourth-order valence-corrected chi connectivity index (χ4v) is 4.35. The lowest BCUT2D eigenvalue weighted by Gasteiger charge is -2.20. The van der Waals surface area contributed by atoms with Gasteiger partial charge in [-0.3, -0.25) is 19.1 Å². The van der Waals surface area contributed by atoms with Gasteiger partial charge in [-0.2, -0.15) is 4.31 Å². The number of esters is 1. The summed E-state index contributed by atoms with van der Waals surface area (Å²) in [6, 6.07) is 4.94. The third-order valence-electron chi connectivity index (χ3n) is 4.74. The number of sulfonamides is 1. The first-order valence-corrected chi connectivity index (χ1v) is 11.5. The highest BCUT2D eigenvalue weighted by Gasteiger charge is 2.39. The van der Waals surface area contributed by atoms with E-state index in [4.69, 9.17) is 16.3 Å². The molecule has 0 unspecified atom stereocenters. The van der Waals surface area contributed by atoms with Crippen LogP contribution in [0.4, 0.5) is 5.82 Å². The number of nitrogens with zero attached hydrogens (tertiary/aromatic N) is 4. The van der Waals surface area contributed by atoms with E-state index in [0.717, 1.165) is 10.8 Å². The van der Waals surface area contributed by atoms with Crippen molar-refractivity contribution >= 4 is 33.4 Å². The number of carbonyl (C=O) groups excluding carboxylic acids is 1. The predicted molar refractivity (Wildman–Crippen MR) is 111 cm³/mol. The molecule has 3 heterocycles. The highest BCUT2D eigenvalue weighted by molar-refractivity contribution is 7.88. The van der Waals surface area contributed by atoms with E-state index in [0.29, 0.717) is 5.69 Å². The van der Waals surface area contributed by atoms with E-state index in [2.05, 4.69) is 15.3 Å². The molecule has 2 atom stereocenters. The van der Waals surface area contributed by atoms with Crippen LogP contribution in [0.3, 0.4) is 0 Å².